The highest BCUT2D eigenvalue weighted by molar-refractivity contribution is 6.31. The summed E-state index contributed by atoms with van der Waals surface area (Å²) in [6.07, 6.45) is 5.51. The van der Waals surface area contributed by atoms with Crippen LogP contribution in [0.5, 0.6) is 0 Å². The third kappa shape index (κ3) is 4.87. The van der Waals surface area contributed by atoms with E-state index in [0.717, 1.165) is 33.3 Å². The molecule has 0 fully saturated rings. The Hall–Kier alpha value is -4.89. The van der Waals surface area contributed by atoms with Crippen LogP contribution in [0.4, 0.5) is 5.69 Å². The maximum absolute atomic E-state index is 13.6. The van der Waals surface area contributed by atoms with Crippen LogP contribution in [0.25, 0.3) is 27.7 Å². The molecule has 0 saturated heterocycles. The Morgan fingerprint density at radius 3 is 2.68 bits per heavy atom. The molecule has 6 aromatic rings. The van der Waals surface area contributed by atoms with Gasteiger partial charge in [-0.25, -0.2) is 0 Å². The third-order valence-electron chi connectivity index (χ3n) is 6.32. The summed E-state index contributed by atoms with van der Waals surface area (Å²) in [4.78, 5) is 18.3. The minimum atomic E-state index is -0.512. The zero-order valence-electron chi connectivity index (χ0n) is 20.0. The van der Waals surface area contributed by atoms with Gasteiger partial charge in [0.15, 0.2) is 0 Å². The van der Waals surface area contributed by atoms with Gasteiger partial charge in [0, 0.05) is 33.4 Å². The lowest BCUT2D eigenvalue weighted by molar-refractivity contribution is -0.117. The first kappa shape index (κ1) is 23.5. The molecule has 0 bridgehead atoms. The number of carbonyl (C=O) groups is 1. The lowest BCUT2D eigenvalue weighted by Gasteiger charge is -2.18. The fourth-order valence-electron chi connectivity index (χ4n) is 4.41. The van der Waals surface area contributed by atoms with Crippen molar-refractivity contribution >= 4 is 34.1 Å². The van der Waals surface area contributed by atoms with Crippen molar-refractivity contribution in [1.29, 1.82) is 0 Å². The fraction of sp³-hybridized carbons (Fsp3) is 0.0714. The number of fused-ring (bicyclic) bond motifs is 1. The predicted octanol–water partition coefficient (Wildman–Crippen LogP) is 5.22. The number of benzene rings is 3. The Morgan fingerprint density at radius 1 is 1.00 bits per heavy atom. The highest BCUT2D eigenvalue weighted by atomic mass is 35.5. The number of tetrazole rings is 1. The van der Waals surface area contributed by atoms with Crippen LogP contribution in [0, 0.1) is 0 Å². The average molecular weight is 521 g/mol. The van der Waals surface area contributed by atoms with E-state index in [9.17, 15) is 4.79 Å². The van der Waals surface area contributed by atoms with Crippen molar-refractivity contribution in [1.82, 2.24) is 35.4 Å². The van der Waals surface area contributed by atoms with Gasteiger partial charge in [0.25, 0.3) is 0 Å². The second kappa shape index (κ2) is 10.2. The molecule has 1 amide bonds. The van der Waals surface area contributed by atoms with Crippen molar-refractivity contribution in [3.63, 3.8) is 0 Å². The fourth-order valence-corrected chi connectivity index (χ4v) is 4.58. The number of pyridine rings is 1. The zero-order valence-corrected chi connectivity index (χ0v) is 20.7. The van der Waals surface area contributed by atoms with Crippen molar-refractivity contribution in [3.05, 3.63) is 114 Å². The number of carbonyl (C=O) groups excluding carboxylic acids is 1. The Labute approximate surface area is 222 Å². The lowest BCUT2D eigenvalue weighted by Crippen LogP contribution is -2.24. The molecule has 0 saturated carbocycles. The average Bonchev–Trinajstić information content (AvgIpc) is 3.65. The van der Waals surface area contributed by atoms with E-state index in [1.165, 1.54) is 6.33 Å². The topological polar surface area (TPSA) is 114 Å². The molecular formula is C28H21ClN8O. The van der Waals surface area contributed by atoms with E-state index in [4.69, 9.17) is 16.6 Å². The number of anilines is 1. The molecule has 9 nitrogen and oxygen atoms in total. The molecule has 38 heavy (non-hydrogen) atoms. The van der Waals surface area contributed by atoms with Crippen LogP contribution in [0.2, 0.25) is 5.02 Å². The van der Waals surface area contributed by atoms with Crippen molar-refractivity contribution in [2.75, 3.05) is 5.32 Å². The van der Waals surface area contributed by atoms with E-state index in [0.29, 0.717) is 22.8 Å². The summed E-state index contributed by atoms with van der Waals surface area (Å²) >= 11 is 6.31. The molecule has 0 spiro atoms. The van der Waals surface area contributed by atoms with E-state index >= 15 is 0 Å². The van der Waals surface area contributed by atoms with Gasteiger partial charge in [-0.05, 0) is 64.9 Å². The smallest absolute Gasteiger partial charge is 0.233 e. The first-order chi connectivity index (χ1) is 18.6. The second-order valence-corrected chi connectivity index (χ2v) is 9.23. The van der Waals surface area contributed by atoms with Crippen LogP contribution in [0.3, 0.4) is 0 Å². The van der Waals surface area contributed by atoms with Crippen molar-refractivity contribution < 1.29 is 4.79 Å². The predicted molar refractivity (Wildman–Crippen MR) is 145 cm³/mol. The Balaban J connectivity index is 1.33. The van der Waals surface area contributed by atoms with Gasteiger partial charge in [0.1, 0.15) is 6.33 Å². The van der Waals surface area contributed by atoms with Gasteiger partial charge < -0.3 is 5.32 Å². The van der Waals surface area contributed by atoms with E-state index in [1.807, 2.05) is 72.8 Å². The summed E-state index contributed by atoms with van der Waals surface area (Å²) in [6, 6.07) is 24.9. The van der Waals surface area contributed by atoms with E-state index in [-0.39, 0.29) is 5.91 Å². The van der Waals surface area contributed by atoms with Gasteiger partial charge in [0.05, 0.1) is 29.0 Å². The van der Waals surface area contributed by atoms with Gasteiger partial charge in [0.2, 0.25) is 5.91 Å². The lowest BCUT2D eigenvalue weighted by atomic mass is 9.93. The van der Waals surface area contributed by atoms with Crippen LogP contribution in [0.15, 0.2) is 97.6 Å². The van der Waals surface area contributed by atoms with Crippen LogP contribution in [0.1, 0.15) is 17.2 Å². The summed E-state index contributed by atoms with van der Waals surface area (Å²) in [6.45, 7) is 0. The highest BCUT2D eigenvalue weighted by Gasteiger charge is 2.23. The molecule has 3 heterocycles. The maximum atomic E-state index is 13.6. The van der Waals surface area contributed by atoms with Gasteiger partial charge in [-0.3, -0.25) is 14.9 Å². The first-order valence-corrected chi connectivity index (χ1v) is 12.3. The molecule has 1 unspecified atom stereocenters. The molecule has 186 valence electrons. The van der Waals surface area contributed by atoms with E-state index < -0.39 is 5.92 Å². The third-order valence-corrected chi connectivity index (χ3v) is 6.55. The molecule has 3 aromatic heterocycles. The quantitative estimate of drug-likeness (QED) is 0.298. The normalized spacial score (nSPS) is 11.9. The number of H-pyrrole nitrogens is 1. The van der Waals surface area contributed by atoms with Crippen LogP contribution in [-0.2, 0) is 11.2 Å². The standard InChI is InChI=1S/C28H21ClN8O/c29-21-8-11-27(37-17-32-35-36-37)23(13-21)19-7-10-25(30-15-19)24(12-18-4-2-1-3-5-18)28(38)33-22-9-6-20-16-31-34-26(20)14-22/h1-11,13-17,24H,12H2,(H,31,34)(H,33,38). The highest BCUT2D eigenvalue weighted by Crippen LogP contribution is 2.30. The van der Waals surface area contributed by atoms with Crippen molar-refractivity contribution in [2.24, 2.45) is 0 Å². The number of hydrogen-bond acceptors (Lipinski definition) is 6. The number of amides is 1. The summed E-state index contributed by atoms with van der Waals surface area (Å²) in [5.74, 6) is -0.660. The number of hydrogen-bond donors (Lipinski definition) is 2. The van der Waals surface area contributed by atoms with Gasteiger partial charge in [-0.2, -0.15) is 9.78 Å². The molecule has 0 aliphatic carbocycles. The number of nitrogens with zero attached hydrogens (tertiary/aromatic N) is 6. The summed E-state index contributed by atoms with van der Waals surface area (Å²) in [7, 11) is 0. The van der Waals surface area contributed by atoms with Gasteiger partial charge in [-0.1, -0.05) is 48.0 Å². The number of halogens is 1. The number of aromatic amines is 1. The summed E-state index contributed by atoms with van der Waals surface area (Å²) in [5, 5.41) is 23.1. The molecule has 1 atom stereocenters. The number of nitrogens with one attached hydrogen (secondary N) is 2. The Bertz CT molecular complexity index is 1700. The molecule has 6 rings (SSSR count). The molecular weight excluding hydrogens is 500 g/mol. The summed E-state index contributed by atoms with van der Waals surface area (Å²) < 4.78 is 1.57. The molecule has 3 aromatic carbocycles. The van der Waals surface area contributed by atoms with Crippen LogP contribution < -0.4 is 5.32 Å². The largest absolute Gasteiger partial charge is 0.325 e. The molecule has 0 radical (unpaired) electrons. The molecule has 2 N–H and O–H groups in total. The number of aromatic nitrogens is 7. The zero-order chi connectivity index (χ0) is 25.9. The van der Waals surface area contributed by atoms with Gasteiger partial charge >= 0.3 is 0 Å². The summed E-state index contributed by atoms with van der Waals surface area (Å²) in [5.41, 5.74) is 5.64. The maximum Gasteiger partial charge on any atom is 0.233 e. The monoisotopic (exact) mass is 520 g/mol. The molecule has 0 aliphatic heterocycles. The van der Waals surface area contributed by atoms with Crippen molar-refractivity contribution in [2.45, 2.75) is 12.3 Å². The van der Waals surface area contributed by atoms with E-state index in [2.05, 4.69) is 31.0 Å². The molecule has 10 heteroatoms. The molecule has 0 aliphatic rings. The minimum Gasteiger partial charge on any atom is -0.325 e. The second-order valence-electron chi connectivity index (χ2n) is 8.79. The Morgan fingerprint density at radius 2 is 1.89 bits per heavy atom. The number of rotatable bonds is 7. The van der Waals surface area contributed by atoms with E-state index in [1.54, 1.807) is 23.1 Å². The first-order valence-electron chi connectivity index (χ1n) is 11.9. The minimum absolute atomic E-state index is 0.148. The Kier molecular flexibility index (Phi) is 6.33. The van der Waals surface area contributed by atoms with Crippen LogP contribution in [-0.4, -0.2) is 41.3 Å². The SMILES string of the molecule is O=C(Nc1ccc2cn[nH]c2c1)C(Cc1ccccc1)c1ccc(-c2cc(Cl)ccc2-n2cnnn2)cn1. The van der Waals surface area contributed by atoms with Gasteiger partial charge in [-0.15, -0.1) is 5.10 Å². The van der Waals surface area contributed by atoms with Crippen molar-refractivity contribution in [3.8, 4) is 16.8 Å². The van der Waals surface area contributed by atoms with Crippen LogP contribution >= 0.6 is 11.6 Å².